The molecule has 0 bridgehead atoms. The Morgan fingerprint density at radius 3 is 1.13 bits per heavy atom. The quantitative estimate of drug-likeness (QED) is 0.114. The van der Waals surface area contributed by atoms with E-state index in [0.29, 0.717) is 0 Å². The fraction of sp³-hybridized carbons (Fsp3) is 0.525. The van der Waals surface area contributed by atoms with Crippen LogP contribution >= 0.6 is 48.8 Å². The second-order valence-corrected chi connectivity index (χ2v) is 16.2. The van der Waals surface area contributed by atoms with E-state index in [1.165, 1.54) is 29.7 Å². The van der Waals surface area contributed by atoms with Gasteiger partial charge in [0, 0.05) is 196 Å². The van der Waals surface area contributed by atoms with Crippen molar-refractivity contribution in [2.75, 3.05) is 15.5 Å². The molecule has 3 heterocycles. The van der Waals surface area contributed by atoms with Gasteiger partial charge in [-0.3, -0.25) is 0 Å². The van der Waals surface area contributed by atoms with Crippen LogP contribution in [0.1, 0.15) is 203 Å². The first-order valence-electron chi connectivity index (χ1n) is 24.6. The molecule has 3 aromatic rings. The maximum absolute atomic E-state index is 11.3. The van der Waals surface area contributed by atoms with Crippen LogP contribution < -0.4 is 15.5 Å². The molecule has 0 saturated heterocycles. The Morgan fingerprint density at radius 2 is 0.816 bits per heavy atom. The van der Waals surface area contributed by atoms with E-state index in [-0.39, 0.29) is 169 Å². The maximum Gasteiger partial charge on any atom is 0.0755 e. The zero-order chi connectivity index (χ0) is 56.9. The molecule has 3 aliphatic heterocycles. The van der Waals surface area contributed by atoms with Gasteiger partial charge in [-0.25, -0.2) is 0 Å². The molecule has 0 aliphatic carbocycles. The number of nitrogens with one attached hydrogen (secondary N) is 2. The summed E-state index contributed by atoms with van der Waals surface area (Å²) in [5.41, 5.74) is 15.5. The number of amides is 1. The SMILES string of the molecule is C.CC.CC.CC.CC.CC.CC.CC1=CC(C)(C)N([C-]=O)c2ccc(C)c(CO[C-]=O)c21.CC1=CC(C)(C)Nc2ccc(C)c(CO)c21.CC1=CC(C)(C)Nc2ccc(C)c(CO[C-]=O)c21.II.O=[C-]Cl.[Y].[Y].[Y].[Y]. The number of hydrogen-bond acceptors (Lipinski definition) is 9. The van der Waals surface area contributed by atoms with E-state index in [9.17, 15) is 19.5 Å². The molecule has 1 amide bonds. The average molecular weight is 1600 g/mol. The molecule has 0 unspecified atom stereocenters. The number of halogens is 3. The van der Waals surface area contributed by atoms with Crippen LogP contribution in [0.4, 0.5) is 17.1 Å². The molecule has 17 heteroatoms. The predicted molar refractivity (Wildman–Crippen MR) is 333 cm³/mol. The van der Waals surface area contributed by atoms with E-state index in [1.54, 1.807) is 4.90 Å². The van der Waals surface area contributed by atoms with Gasteiger partial charge >= 0.3 is 0 Å². The summed E-state index contributed by atoms with van der Waals surface area (Å²) < 4.78 is 9.59. The Labute approximate surface area is 593 Å². The Hall–Kier alpha value is 0.686. The van der Waals surface area contributed by atoms with Crippen molar-refractivity contribution in [1.29, 1.82) is 0 Å². The summed E-state index contributed by atoms with van der Waals surface area (Å²) in [6, 6.07) is 12.1. The van der Waals surface area contributed by atoms with Crippen LogP contribution in [0.2, 0.25) is 0 Å². The number of allylic oxidation sites excluding steroid dienone is 3. The molecule has 6 rings (SSSR count). The van der Waals surface area contributed by atoms with Crippen molar-refractivity contribution >= 4 is 108 Å². The number of nitrogens with zero attached hydrogens (tertiary/aromatic N) is 1. The topological polar surface area (TPSA) is 134 Å². The standard InChI is InChI=1S/C16H17NO3.C15H18NO2.C14H19NO.6C2H6.CClO.CH4.I2.4Y/c1-11-5-6-14-15(13(11)8-20-10-19)12(2)7-16(3,4)17(14)9-18;1-10-5-6-13-14(12(10)8-18-9-17)11(2)7-15(3,4)16-13;1-9-5-6-12-13(11(9)8-16)10(2)7-14(3,4)15-12;6*1-2;2-1-3;;1-2;;;;/h5-7H,8H2,1-4H3;5-7,16H,8H2,1-4H3;5-7,15-16H,8H2,1-4H3;6*1-2H3;;1H4;;;;;/q-2;-1;;;;;;;;-1;;;;;;. The minimum absolute atomic E-state index is 0. The number of benzene rings is 3. The van der Waals surface area contributed by atoms with Crippen molar-refractivity contribution in [3.63, 3.8) is 0 Å². The van der Waals surface area contributed by atoms with Crippen LogP contribution in [0.3, 0.4) is 0 Å². The summed E-state index contributed by atoms with van der Waals surface area (Å²) in [5, 5.41) is 16.4. The van der Waals surface area contributed by atoms with Crippen LogP contribution in [0.5, 0.6) is 0 Å². The number of hydrogen-bond donors (Lipinski definition) is 3. The monoisotopic (exact) mass is 1600 g/mol. The Bertz CT molecular complexity index is 2120. The number of aliphatic hydroxyl groups is 1. The van der Waals surface area contributed by atoms with E-state index >= 15 is 0 Å². The number of fused-ring (bicyclic) bond motifs is 3. The van der Waals surface area contributed by atoms with Gasteiger partial charge in [-0.05, 0) is 140 Å². The zero-order valence-corrected chi connectivity index (χ0v) is 66.5. The first-order chi connectivity index (χ1) is 33.7. The number of ether oxygens (including phenoxy) is 2. The van der Waals surface area contributed by atoms with Gasteiger partial charge in [0.15, 0.2) is 0 Å². The molecule has 0 saturated carbocycles. The second-order valence-electron chi connectivity index (χ2n) is 16.1. The van der Waals surface area contributed by atoms with E-state index in [4.69, 9.17) is 14.3 Å². The van der Waals surface area contributed by atoms with Crippen LogP contribution in [0.15, 0.2) is 54.6 Å². The molecule has 0 spiro atoms. The fourth-order valence-corrected chi connectivity index (χ4v) is 7.90. The smallest absolute Gasteiger partial charge is 0.0755 e. The molecule has 0 aromatic heterocycles. The summed E-state index contributed by atoms with van der Waals surface area (Å²) in [4.78, 5) is 41.9. The van der Waals surface area contributed by atoms with Crippen molar-refractivity contribution in [2.24, 2.45) is 0 Å². The normalized spacial score (nSPS) is 12.5. The number of aliphatic hydroxyl groups excluding tert-OH is 1. The molecule has 76 heavy (non-hydrogen) atoms. The van der Waals surface area contributed by atoms with Crippen LogP contribution in [-0.4, -0.2) is 46.8 Å². The first kappa shape index (κ1) is 98.8. The van der Waals surface area contributed by atoms with Crippen LogP contribution in [-0.2, 0) is 179 Å². The van der Waals surface area contributed by atoms with Gasteiger partial charge in [0.1, 0.15) is 0 Å². The number of aryl methyl sites for hydroxylation is 3. The van der Waals surface area contributed by atoms with Crippen molar-refractivity contribution in [3.8, 4) is 0 Å². The summed E-state index contributed by atoms with van der Waals surface area (Å²) in [7, 11) is 0. The largest absolute Gasteiger partial charge is 0.650 e. The Balaban J connectivity index is -0.0000000914. The fourth-order valence-electron chi connectivity index (χ4n) is 7.90. The van der Waals surface area contributed by atoms with Gasteiger partial charge in [0.05, 0.1) is 37.3 Å². The molecule has 10 nitrogen and oxygen atoms in total. The van der Waals surface area contributed by atoms with Gasteiger partial charge < -0.3 is 60.9 Å². The van der Waals surface area contributed by atoms with Crippen LogP contribution in [0, 0.1) is 20.8 Å². The third-order valence-electron chi connectivity index (χ3n) is 10.1. The summed E-state index contributed by atoms with van der Waals surface area (Å²) in [6.07, 6.45) is 8.43. The number of rotatable bonds is 8. The van der Waals surface area contributed by atoms with Gasteiger partial charge in [0.2, 0.25) is 0 Å². The van der Waals surface area contributed by atoms with Gasteiger partial charge in [-0.2, -0.15) is 5.75 Å². The van der Waals surface area contributed by atoms with Crippen molar-refractivity contribution in [2.45, 2.75) is 210 Å². The van der Waals surface area contributed by atoms with E-state index < -0.39 is 5.54 Å². The average Bonchev–Trinajstić information content (AvgIpc) is 3.35. The summed E-state index contributed by atoms with van der Waals surface area (Å²) >= 11 is 8.43. The van der Waals surface area contributed by atoms with E-state index in [0.717, 1.165) is 72.9 Å². The molecule has 3 aromatic carbocycles. The molecule has 4 radical (unpaired) electrons. The van der Waals surface area contributed by atoms with Crippen molar-refractivity contribution in [1.82, 2.24) is 0 Å². The molecular formula is C59H94ClI2N3O7Y4-4. The van der Waals surface area contributed by atoms with Crippen LogP contribution in [0.25, 0.3) is 16.7 Å². The third-order valence-corrected chi connectivity index (χ3v) is 10.1. The summed E-state index contributed by atoms with van der Waals surface area (Å²) in [5.74, 6) is 0.972. The number of anilines is 3. The Kier molecular flexibility index (Phi) is 73.0. The minimum atomic E-state index is -0.428. The van der Waals surface area contributed by atoms with Gasteiger partial charge in [-0.1, -0.05) is 157 Å². The third kappa shape index (κ3) is 33.1. The Morgan fingerprint density at radius 1 is 0.526 bits per heavy atom. The number of carbonyl (C=O) groups excluding carboxylic acids is 4. The molecule has 3 N–H and O–H groups in total. The molecular weight excluding hydrogens is 1510 g/mol. The molecule has 0 fully saturated rings. The summed E-state index contributed by atoms with van der Waals surface area (Å²) in [6.45, 7) is 52.2. The van der Waals surface area contributed by atoms with E-state index in [1.807, 2.05) is 155 Å². The zero-order valence-electron chi connectivity index (χ0n) is 50.1. The maximum atomic E-state index is 11.3. The van der Waals surface area contributed by atoms with Gasteiger partial charge in [0.25, 0.3) is 0 Å². The predicted octanol–water partition coefficient (Wildman–Crippen LogP) is 17.8. The molecule has 424 valence electrons. The second kappa shape index (κ2) is 56.2. The molecule has 0 atom stereocenters. The first-order valence-corrected chi connectivity index (χ1v) is 31.3. The van der Waals surface area contributed by atoms with E-state index in [2.05, 4.69) is 131 Å². The van der Waals surface area contributed by atoms with Crippen molar-refractivity contribution in [3.05, 3.63) is 105 Å². The van der Waals surface area contributed by atoms with Gasteiger partial charge in [-0.15, -0.1) is 6.07 Å². The minimum Gasteiger partial charge on any atom is -0.650 e. The van der Waals surface area contributed by atoms with Crippen molar-refractivity contribution < 1.29 is 165 Å². The molecule has 3 aliphatic rings.